The third-order valence-corrected chi connectivity index (χ3v) is 6.76. The Morgan fingerprint density at radius 3 is 2.18 bits per heavy atom. The van der Waals surface area contributed by atoms with E-state index in [1.54, 1.807) is 5.57 Å². The first-order valence-corrected chi connectivity index (χ1v) is 10.7. The van der Waals surface area contributed by atoms with E-state index in [-0.39, 0.29) is 0 Å². The number of rotatable bonds is 6. The summed E-state index contributed by atoms with van der Waals surface area (Å²) in [6, 6.07) is 16.8. The van der Waals surface area contributed by atoms with Crippen LogP contribution in [0.2, 0.25) is 0 Å². The SMILES string of the molecule is CC/C=C(\Cc1ccc(C(C)(O)c2ccc(C)cc2)cc1)C1CC2C=CC1C2. The number of fused-ring (bicyclic) bond motifs is 2. The summed E-state index contributed by atoms with van der Waals surface area (Å²) < 4.78 is 0. The second-order valence-corrected chi connectivity index (χ2v) is 8.89. The van der Waals surface area contributed by atoms with Crippen molar-refractivity contribution >= 4 is 0 Å². The summed E-state index contributed by atoms with van der Waals surface area (Å²) in [6.07, 6.45) is 12.1. The molecule has 2 aromatic rings. The molecule has 1 heteroatoms. The van der Waals surface area contributed by atoms with Gasteiger partial charge in [0.25, 0.3) is 0 Å². The van der Waals surface area contributed by atoms with Gasteiger partial charge < -0.3 is 5.11 Å². The second kappa shape index (κ2) is 7.72. The van der Waals surface area contributed by atoms with Gasteiger partial charge in [0.1, 0.15) is 5.60 Å². The Labute approximate surface area is 169 Å². The fraction of sp³-hybridized carbons (Fsp3) is 0.407. The number of aryl methyl sites for hydroxylation is 1. The van der Waals surface area contributed by atoms with Crippen molar-refractivity contribution < 1.29 is 5.11 Å². The van der Waals surface area contributed by atoms with Gasteiger partial charge >= 0.3 is 0 Å². The fourth-order valence-corrected chi connectivity index (χ4v) is 5.05. The zero-order chi connectivity index (χ0) is 19.7. The summed E-state index contributed by atoms with van der Waals surface area (Å²) in [5.74, 6) is 2.29. The lowest BCUT2D eigenvalue weighted by Gasteiger charge is -2.25. The molecule has 2 bridgehead atoms. The van der Waals surface area contributed by atoms with Gasteiger partial charge in [0, 0.05) is 0 Å². The number of benzene rings is 2. The standard InChI is InChI=1S/C27H32O/c1-4-5-22(26-18-21-8-11-23(26)17-21)16-20-9-14-25(15-10-20)27(3,28)24-12-6-19(2)7-13-24/h5-15,21,23,26,28H,4,16-18H2,1-3H3/b22-5+. The van der Waals surface area contributed by atoms with Gasteiger partial charge in [0.05, 0.1) is 0 Å². The van der Waals surface area contributed by atoms with Gasteiger partial charge in [-0.3, -0.25) is 0 Å². The normalized spacial score (nSPS) is 25.9. The molecule has 0 radical (unpaired) electrons. The van der Waals surface area contributed by atoms with Crippen LogP contribution in [0, 0.1) is 24.7 Å². The van der Waals surface area contributed by atoms with Gasteiger partial charge in [0.15, 0.2) is 0 Å². The number of hydrogen-bond acceptors (Lipinski definition) is 1. The molecule has 146 valence electrons. The topological polar surface area (TPSA) is 20.2 Å². The zero-order valence-electron chi connectivity index (χ0n) is 17.4. The van der Waals surface area contributed by atoms with Crippen LogP contribution in [-0.4, -0.2) is 5.11 Å². The van der Waals surface area contributed by atoms with Crippen LogP contribution in [0.15, 0.2) is 72.3 Å². The number of aliphatic hydroxyl groups is 1. The molecule has 0 amide bonds. The average Bonchev–Trinajstić information content (AvgIpc) is 3.32. The summed E-state index contributed by atoms with van der Waals surface area (Å²) in [7, 11) is 0. The minimum Gasteiger partial charge on any atom is -0.381 e. The van der Waals surface area contributed by atoms with E-state index in [2.05, 4.69) is 68.5 Å². The maximum Gasteiger partial charge on any atom is 0.112 e. The van der Waals surface area contributed by atoms with Gasteiger partial charge in [0.2, 0.25) is 0 Å². The van der Waals surface area contributed by atoms with Crippen molar-refractivity contribution in [1.82, 2.24) is 0 Å². The molecule has 4 rings (SSSR count). The maximum atomic E-state index is 11.1. The van der Waals surface area contributed by atoms with Crippen LogP contribution >= 0.6 is 0 Å². The highest BCUT2D eigenvalue weighted by Crippen LogP contribution is 2.47. The largest absolute Gasteiger partial charge is 0.381 e. The van der Waals surface area contributed by atoms with Crippen LogP contribution in [0.3, 0.4) is 0 Å². The fourth-order valence-electron chi connectivity index (χ4n) is 5.05. The van der Waals surface area contributed by atoms with Crippen molar-refractivity contribution in [2.45, 2.75) is 52.1 Å². The summed E-state index contributed by atoms with van der Waals surface area (Å²) in [4.78, 5) is 0. The summed E-state index contributed by atoms with van der Waals surface area (Å²) in [5.41, 5.74) is 5.08. The van der Waals surface area contributed by atoms with Crippen molar-refractivity contribution in [3.63, 3.8) is 0 Å². The molecule has 28 heavy (non-hydrogen) atoms. The Balaban J connectivity index is 1.51. The van der Waals surface area contributed by atoms with Crippen LogP contribution in [0.1, 0.15) is 55.4 Å². The van der Waals surface area contributed by atoms with E-state index in [1.165, 1.54) is 24.0 Å². The molecule has 4 unspecified atom stereocenters. The molecule has 0 heterocycles. The minimum atomic E-state index is -0.969. The van der Waals surface area contributed by atoms with Crippen molar-refractivity contribution in [3.8, 4) is 0 Å². The van der Waals surface area contributed by atoms with Crippen LogP contribution in [0.25, 0.3) is 0 Å². The lowest BCUT2D eigenvalue weighted by atomic mass is 9.82. The first-order valence-electron chi connectivity index (χ1n) is 10.7. The van der Waals surface area contributed by atoms with Crippen molar-refractivity contribution in [1.29, 1.82) is 0 Å². The first-order chi connectivity index (χ1) is 13.5. The van der Waals surface area contributed by atoms with Crippen molar-refractivity contribution in [2.24, 2.45) is 17.8 Å². The molecule has 1 saturated carbocycles. The molecule has 0 saturated heterocycles. The molecule has 2 aromatic carbocycles. The summed E-state index contributed by atoms with van der Waals surface area (Å²) in [5, 5.41) is 11.1. The molecule has 2 aliphatic carbocycles. The highest BCUT2D eigenvalue weighted by molar-refractivity contribution is 5.38. The molecular weight excluding hydrogens is 340 g/mol. The van der Waals surface area contributed by atoms with Crippen LogP contribution in [0.5, 0.6) is 0 Å². The molecule has 0 spiro atoms. The Kier molecular flexibility index (Phi) is 5.29. The maximum absolute atomic E-state index is 11.1. The monoisotopic (exact) mass is 372 g/mol. The Morgan fingerprint density at radius 2 is 1.64 bits per heavy atom. The molecule has 0 aliphatic heterocycles. The molecule has 2 aliphatic rings. The van der Waals surface area contributed by atoms with E-state index < -0.39 is 5.60 Å². The van der Waals surface area contributed by atoms with Crippen LogP contribution in [0.4, 0.5) is 0 Å². The van der Waals surface area contributed by atoms with E-state index >= 15 is 0 Å². The third kappa shape index (κ3) is 3.73. The van der Waals surface area contributed by atoms with E-state index in [1.807, 2.05) is 19.1 Å². The van der Waals surface area contributed by atoms with E-state index in [0.29, 0.717) is 0 Å². The van der Waals surface area contributed by atoms with Gasteiger partial charge in [-0.1, -0.05) is 84.8 Å². The zero-order valence-corrected chi connectivity index (χ0v) is 17.4. The predicted molar refractivity (Wildman–Crippen MR) is 117 cm³/mol. The van der Waals surface area contributed by atoms with E-state index in [0.717, 1.165) is 41.7 Å². The number of hydrogen-bond donors (Lipinski definition) is 1. The molecule has 1 fully saturated rings. The Bertz CT molecular complexity index is 867. The molecule has 1 N–H and O–H groups in total. The minimum absolute atomic E-state index is 0.727. The summed E-state index contributed by atoms with van der Waals surface area (Å²) >= 11 is 0. The Hall–Kier alpha value is -2.12. The Morgan fingerprint density at radius 1 is 1.00 bits per heavy atom. The quantitative estimate of drug-likeness (QED) is 0.586. The molecule has 4 atom stereocenters. The average molecular weight is 373 g/mol. The lowest BCUT2D eigenvalue weighted by molar-refractivity contribution is 0.102. The first kappa shape index (κ1) is 19.2. The van der Waals surface area contributed by atoms with Crippen molar-refractivity contribution in [3.05, 3.63) is 94.6 Å². The van der Waals surface area contributed by atoms with Crippen molar-refractivity contribution in [2.75, 3.05) is 0 Å². The van der Waals surface area contributed by atoms with Gasteiger partial charge in [-0.2, -0.15) is 0 Å². The second-order valence-electron chi connectivity index (χ2n) is 8.89. The van der Waals surface area contributed by atoms with Gasteiger partial charge in [-0.25, -0.2) is 0 Å². The summed E-state index contributed by atoms with van der Waals surface area (Å²) in [6.45, 7) is 6.20. The number of allylic oxidation sites excluding steroid dienone is 4. The smallest absolute Gasteiger partial charge is 0.112 e. The highest BCUT2D eigenvalue weighted by atomic mass is 16.3. The van der Waals surface area contributed by atoms with E-state index in [9.17, 15) is 5.11 Å². The van der Waals surface area contributed by atoms with Gasteiger partial charge in [-0.15, -0.1) is 0 Å². The predicted octanol–water partition coefficient (Wildman–Crippen LogP) is 6.34. The molecule has 0 aromatic heterocycles. The van der Waals surface area contributed by atoms with Crippen LogP contribution < -0.4 is 0 Å². The highest BCUT2D eigenvalue weighted by Gasteiger charge is 2.37. The van der Waals surface area contributed by atoms with Gasteiger partial charge in [-0.05, 0) is 74.0 Å². The molecular formula is C27H32O. The van der Waals surface area contributed by atoms with E-state index in [4.69, 9.17) is 0 Å². The third-order valence-electron chi connectivity index (χ3n) is 6.76. The molecule has 1 nitrogen and oxygen atoms in total. The lowest BCUT2D eigenvalue weighted by Crippen LogP contribution is -2.22. The van der Waals surface area contributed by atoms with Crippen LogP contribution in [-0.2, 0) is 12.0 Å².